The van der Waals surface area contributed by atoms with Crippen molar-refractivity contribution in [3.63, 3.8) is 0 Å². The van der Waals surface area contributed by atoms with E-state index < -0.39 is 0 Å². The highest BCUT2D eigenvalue weighted by molar-refractivity contribution is 7.71. The molecule has 1 aromatic heterocycles. The van der Waals surface area contributed by atoms with Crippen LogP contribution in [-0.4, -0.2) is 9.97 Å². The van der Waals surface area contributed by atoms with Crippen LogP contribution in [0.2, 0.25) is 0 Å². The minimum Gasteiger partial charge on any atom is -0.337 e. The molecule has 1 unspecified atom stereocenters. The fourth-order valence-corrected chi connectivity index (χ4v) is 2.34. The Morgan fingerprint density at radius 3 is 3.13 bits per heavy atom. The third-order valence-corrected chi connectivity index (χ3v) is 3.06. The van der Waals surface area contributed by atoms with E-state index in [1.807, 2.05) is 6.20 Å². The van der Waals surface area contributed by atoms with Crippen molar-refractivity contribution in [1.82, 2.24) is 9.97 Å². The van der Waals surface area contributed by atoms with Crippen molar-refractivity contribution < 1.29 is 0 Å². The minimum atomic E-state index is 0.655. The summed E-state index contributed by atoms with van der Waals surface area (Å²) in [7, 11) is 0. The fraction of sp³-hybridized carbons (Fsp3) is 0.417. The number of aromatic amines is 2. The van der Waals surface area contributed by atoms with Crippen LogP contribution in [0.1, 0.15) is 25.5 Å². The van der Waals surface area contributed by atoms with E-state index in [0.717, 1.165) is 11.2 Å². The third-order valence-electron chi connectivity index (χ3n) is 2.84. The van der Waals surface area contributed by atoms with E-state index >= 15 is 0 Å². The summed E-state index contributed by atoms with van der Waals surface area (Å²) in [5, 5.41) is 0. The molecule has 80 valence electrons. The molecular weight excluding hydrogens is 204 g/mol. The van der Waals surface area contributed by atoms with E-state index in [2.05, 4.69) is 35.1 Å². The average molecular weight is 220 g/mol. The maximum atomic E-state index is 5.01. The lowest BCUT2D eigenvalue weighted by Gasteiger charge is -2.10. The van der Waals surface area contributed by atoms with Crippen molar-refractivity contribution >= 4 is 12.2 Å². The molecule has 1 heterocycles. The minimum absolute atomic E-state index is 0.655. The van der Waals surface area contributed by atoms with Gasteiger partial charge < -0.3 is 9.97 Å². The van der Waals surface area contributed by atoms with Gasteiger partial charge in [0.05, 0.1) is 0 Å². The molecule has 0 spiro atoms. The molecule has 1 aliphatic carbocycles. The number of allylic oxidation sites excluding steroid dienone is 4. The number of H-pyrrole nitrogens is 2. The zero-order chi connectivity index (χ0) is 10.7. The SMILES string of the molecule is CC=CC1=CCCC1Cc1c[nH]c(=S)[nH]1. The lowest BCUT2D eigenvalue weighted by molar-refractivity contribution is 0.604. The quantitative estimate of drug-likeness (QED) is 0.750. The molecule has 0 fully saturated rings. The lowest BCUT2D eigenvalue weighted by atomic mass is 9.96. The number of hydrogen-bond donors (Lipinski definition) is 2. The van der Waals surface area contributed by atoms with Gasteiger partial charge >= 0.3 is 0 Å². The maximum Gasteiger partial charge on any atom is 0.174 e. The Morgan fingerprint density at radius 2 is 2.47 bits per heavy atom. The first kappa shape index (κ1) is 10.4. The monoisotopic (exact) mass is 220 g/mol. The van der Waals surface area contributed by atoms with Gasteiger partial charge in [-0.25, -0.2) is 0 Å². The Balaban J connectivity index is 2.06. The summed E-state index contributed by atoms with van der Waals surface area (Å²) in [4.78, 5) is 6.18. The molecule has 2 rings (SSSR count). The van der Waals surface area contributed by atoms with E-state index in [4.69, 9.17) is 12.2 Å². The van der Waals surface area contributed by atoms with E-state index in [1.54, 1.807) is 0 Å². The number of hydrogen-bond acceptors (Lipinski definition) is 1. The molecule has 0 saturated heterocycles. The number of rotatable bonds is 3. The lowest BCUT2D eigenvalue weighted by Crippen LogP contribution is -2.02. The van der Waals surface area contributed by atoms with Gasteiger partial charge in [0.15, 0.2) is 4.77 Å². The van der Waals surface area contributed by atoms with Crippen LogP contribution < -0.4 is 0 Å². The van der Waals surface area contributed by atoms with Crippen LogP contribution in [0.15, 0.2) is 30.0 Å². The summed E-state index contributed by atoms with van der Waals surface area (Å²) in [6.45, 7) is 2.07. The standard InChI is InChI=1S/C12H16N2S/c1-2-4-9-5-3-6-10(9)7-11-8-13-12(15)14-11/h2,4-5,8,10H,3,6-7H2,1H3,(H2,13,14,15). The Labute approximate surface area is 95.1 Å². The van der Waals surface area contributed by atoms with Crippen molar-refractivity contribution in [3.8, 4) is 0 Å². The molecule has 0 bridgehead atoms. The van der Waals surface area contributed by atoms with Crippen molar-refractivity contribution in [1.29, 1.82) is 0 Å². The molecular formula is C12H16N2S. The molecule has 0 radical (unpaired) electrons. The zero-order valence-corrected chi connectivity index (χ0v) is 9.73. The number of imidazole rings is 1. The van der Waals surface area contributed by atoms with Gasteiger partial charge in [-0.1, -0.05) is 18.2 Å². The van der Waals surface area contributed by atoms with E-state index in [1.165, 1.54) is 24.1 Å². The van der Waals surface area contributed by atoms with Gasteiger partial charge in [-0.3, -0.25) is 0 Å². The van der Waals surface area contributed by atoms with Crippen LogP contribution in [0.4, 0.5) is 0 Å². The van der Waals surface area contributed by atoms with Gasteiger partial charge in [-0.05, 0) is 49.9 Å². The maximum absolute atomic E-state index is 5.01. The molecule has 1 aromatic rings. The molecule has 0 saturated carbocycles. The fourth-order valence-electron chi connectivity index (χ4n) is 2.15. The van der Waals surface area contributed by atoms with Gasteiger partial charge in [-0.15, -0.1) is 0 Å². The van der Waals surface area contributed by atoms with Gasteiger partial charge in [0, 0.05) is 11.9 Å². The normalized spacial score (nSPS) is 21.1. The molecule has 0 aliphatic heterocycles. The second-order valence-corrected chi connectivity index (χ2v) is 4.36. The highest BCUT2D eigenvalue weighted by Gasteiger charge is 2.17. The first-order valence-corrected chi connectivity index (χ1v) is 5.79. The van der Waals surface area contributed by atoms with Crippen LogP contribution in [0.5, 0.6) is 0 Å². The first-order chi connectivity index (χ1) is 7.29. The molecule has 2 nitrogen and oxygen atoms in total. The molecule has 15 heavy (non-hydrogen) atoms. The molecule has 0 amide bonds. The topological polar surface area (TPSA) is 31.6 Å². The molecule has 3 heteroatoms. The van der Waals surface area contributed by atoms with Crippen molar-refractivity contribution in [2.75, 3.05) is 0 Å². The number of nitrogens with one attached hydrogen (secondary N) is 2. The summed E-state index contributed by atoms with van der Waals surface area (Å²) in [6.07, 6.45) is 12.2. The summed E-state index contributed by atoms with van der Waals surface area (Å²) < 4.78 is 0.722. The molecule has 0 aromatic carbocycles. The second-order valence-electron chi connectivity index (χ2n) is 3.95. The van der Waals surface area contributed by atoms with E-state index in [9.17, 15) is 0 Å². The highest BCUT2D eigenvalue weighted by Crippen LogP contribution is 2.29. The summed E-state index contributed by atoms with van der Waals surface area (Å²) in [5.41, 5.74) is 2.68. The van der Waals surface area contributed by atoms with Crippen LogP contribution in [0.3, 0.4) is 0 Å². The third kappa shape index (κ3) is 2.48. The Hall–Kier alpha value is -1.09. The van der Waals surface area contributed by atoms with Gasteiger partial charge in [0.25, 0.3) is 0 Å². The van der Waals surface area contributed by atoms with Gasteiger partial charge in [0.1, 0.15) is 0 Å². The number of aromatic nitrogens is 2. The van der Waals surface area contributed by atoms with Crippen LogP contribution >= 0.6 is 12.2 Å². The summed E-state index contributed by atoms with van der Waals surface area (Å²) in [5.74, 6) is 0.655. The Kier molecular flexibility index (Phi) is 3.21. The second kappa shape index (κ2) is 4.62. The Morgan fingerprint density at radius 1 is 1.60 bits per heavy atom. The predicted molar refractivity (Wildman–Crippen MR) is 65.3 cm³/mol. The first-order valence-electron chi connectivity index (χ1n) is 5.39. The van der Waals surface area contributed by atoms with Gasteiger partial charge in [-0.2, -0.15) is 0 Å². The van der Waals surface area contributed by atoms with E-state index in [0.29, 0.717) is 5.92 Å². The molecule has 1 aliphatic rings. The van der Waals surface area contributed by atoms with Gasteiger partial charge in [0.2, 0.25) is 0 Å². The van der Waals surface area contributed by atoms with Crippen molar-refractivity contribution in [2.24, 2.45) is 5.92 Å². The largest absolute Gasteiger partial charge is 0.337 e. The summed E-state index contributed by atoms with van der Waals surface area (Å²) in [6, 6.07) is 0. The van der Waals surface area contributed by atoms with Crippen molar-refractivity contribution in [2.45, 2.75) is 26.2 Å². The van der Waals surface area contributed by atoms with Crippen molar-refractivity contribution in [3.05, 3.63) is 40.5 Å². The molecule has 1 atom stereocenters. The zero-order valence-electron chi connectivity index (χ0n) is 8.92. The Bertz CT molecular complexity index is 436. The van der Waals surface area contributed by atoms with Crippen LogP contribution in [0, 0.1) is 10.7 Å². The average Bonchev–Trinajstić information content (AvgIpc) is 2.78. The predicted octanol–water partition coefficient (Wildman–Crippen LogP) is 3.53. The van der Waals surface area contributed by atoms with E-state index in [-0.39, 0.29) is 0 Å². The summed E-state index contributed by atoms with van der Waals surface area (Å²) >= 11 is 5.01. The molecule has 2 N–H and O–H groups in total. The smallest absolute Gasteiger partial charge is 0.174 e. The van der Waals surface area contributed by atoms with Crippen LogP contribution in [0.25, 0.3) is 0 Å². The van der Waals surface area contributed by atoms with Crippen LogP contribution in [-0.2, 0) is 6.42 Å². The highest BCUT2D eigenvalue weighted by atomic mass is 32.1.